The van der Waals surface area contributed by atoms with E-state index in [-0.39, 0.29) is 23.5 Å². The van der Waals surface area contributed by atoms with Gasteiger partial charge in [0.15, 0.2) is 15.8 Å². The van der Waals surface area contributed by atoms with Crippen LogP contribution in [0.25, 0.3) is 0 Å². The van der Waals surface area contributed by atoms with Crippen molar-refractivity contribution in [2.45, 2.75) is 31.7 Å². The van der Waals surface area contributed by atoms with Crippen LogP contribution in [0.3, 0.4) is 0 Å². The van der Waals surface area contributed by atoms with Crippen molar-refractivity contribution in [2.75, 3.05) is 24.6 Å². The average molecular weight is 400 g/mol. The Hall–Kier alpha value is -2.34. The van der Waals surface area contributed by atoms with Crippen molar-refractivity contribution in [1.82, 2.24) is 10.6 Å². The van der Waals surface area contributed by atoms with Crippen molar-refractivity contribution >= 4 is 15.8 Å². The fraction of sp³-hybridized carbons (Fsp3) is 0.409. The fourth-order valence-corrected chi connectivity index (χ4v) is 5.30. The summed E-state index contributed by atoms with van der Waals surface area (Å²) in [6.45, 7) is 3.41. The van der Waals surface area contributed by atoms with E-state index in [1.54, 1.807) is 0 Å². The number of rotatable bonds is 7. The average Bonchev–Trinajstić information content (AvgIpc) is 3.05. The first-order valence-corrected chi connectivity index (χ1v) is 11.7. The summed E-state index contributed by atoms with van der Waals surface area (Å²) >= 11 is 0. The quantitative estimate of drug-likeness (QED) is 0.555. The molecule has 0 saturated carbocycles. The van der Waals surface area contributed by atoms with Crippen LogP contribution in [0.1, 0.15) is 36.8 Å². The first kappa shape index (κ1) is 20.4. The van der Waals surface area contributed by atoms with Gasteiger partial charge in [0.25, 0.3) is 0 Å². The van der Waals surface area contributed by atoms with E-state index < -0.39 is 9.84 Å². The van der Waals surface area contributed by atoms with Gasteiger partial charge in [0.05, 0.1) is 11.5 Å². The molecule has 6 heteroatoms. The molecule has 0 radical (unpaired) electrons. The number of benzene rings is 2. The molecule has 0 aromatic heterocycles. The van der Waals surface area contributed by atoms with E-state index in [1.165, 1.54) is 11.1 Å². The SMILES string of the molecule is CCNC(=NCCC(c1ccccc1)c1ccccc1)NC1CCS(=O)(=O)C1. The lowest BCUT2D eigenvalue weighted by molar-refractivity contribution is 0.599. The Kier molecular flexibility index (Phi) is 7.09. The Morgan fingerprint density at radius 3 is 2.18 bits per heavy atom. The number of sulfone groups is 1. The number of nitrogens with zero attached hydrogens (tertiary/aromatic N) is 1. The summed E-state index contributed by atoms with van der Waals surface area (Å²) in [5.41, 5.74) is 2.56. The number of nitrogens with one attached hydrogen (secondary N) is 2. The van der Waals surface area contributed by atoms with Crippen molar-refractivity contribution in [3.63, 3.8) is 0 Å². The maximum atomic E-state index is 11.7. The van der Waals surface area contributed by atoms with Crippen LogP contribution in [-0.4, -0.2) is 45.0 Å². The summed E-state index contributed by atoms with van der Waals surface area (Å²) in [4.78, 5) is 4.72. The third kappa shape index (κ3) is 5.83. The molecule has 1 atom stereocenters. The van der Waals surface area contributed by atoms with E-state index in [9.17, 15) is 8.42 Å². The maximum absolute atomic E-state index is 11.7. The Bertz CT molecular complexity index is 828. The predicted molar refractivity (Wildman–Crippen MR) is 116 cm³/mol. The highest BCUT2D eigenvalue weighted by Gasteiger charge is 2.28. The van der Waals surface area contributed by atoms with Gasteiger partial charge < -0.3 is 10.6 Å². The Morgan fingerprint density at radius 1 is 1.07 bits per heavy atom. The molecule has 5 nitrogen and oxygen atoms in total. The first-order chi connectivity index (χ1) is 13.6. The molecule has 2 N–H and O–H groups in total. The molecule has 2 aromatic rings. The van der Waals surface area contributed by atoms with E-state index in [0.29, 0.717) is 18.9 Å². The van der Waals surface area contributed by atoms with Crippen LogP contribution < -0.4 is 10.6 Å². The molecule has 3 rings (SSSR count). The molecule has 28 heavy (non-hydrogen) atoms. The Labute approximate surface area is 168 Å². The summed E-state index contributed by atoms with van der Waals surface area (Å²) in [5, 5.41) is 6.52. The van der Waals surface area contributed by atoms with Crippen LogP contribution in [0.5, 0.6) is 0 Å². The van der Waals surface area contributed by atoms with Crippen molar-refractivity contribution in [3.05, 3.63) is 71.8 Å². The second kappa shape index (κ2) is 9.73. The smallest absolute Gasteiger partial charge is 0.191 e. The van der Waals surface area contributed by atoms with Gasteiger partial charge in [-0.3, -0.25) is 4.99 Å². The molecule has 1 aliphatic rings. The molecule has 0 spiro atoms. The van der Waals surface area contributed by atoms with Crippen molar-refractivity contribution in [2.24, 2.45) is 4.99 Å². The predicted octanol–water partition coefficient (Wildman–Crippen LogP) is 2.95. The molecule has 0 aliphatic carbocycles. The summed E-state index contributed by atoms with van der Waals surface area (Å²) in [6.07, 6.45) is 1.52. The number of hydrogen-bond donors (Lipinski definition) is 2. The lowest BCUT2D eigenvalue weighted by atomic mass is 9.89. The second-order valence-electron chi connectivity index (χ2n) is 7.17. The van der Waals surface area contributed by atoms with Gasteiger partial charge >= 0.3 is 0 Å². The molecule has 0 bridgehead atoms. The van der Waals surface area contributed by atoms with Crippen molar-refractivity contribution < 1.29 is 8.42 Å². The van der Waals surface area contributed by atoms with Gasteiger partial charge in [-0.1, -0.05) is 60.7 Å². The molecular formula is C22H29N3O2S. The summed E-state index contributed by atoms with van der Waals surface area (Å²) in [7, 11) is -2.91. The minimum absolute atomic E-state index is 0.0538. The third-order valence-corrected chi connectivity index (χ3v) is 6.78. The topological polar surface area (TPSA) is 70.6 Å². The Balaban J connectivity index is 1.68. The normalized spacial score (nSPS) is 18.9. The number of aliphatic imine (C=N–C) groups is 1. The van der Waals surface area contributed by atoms with E-state index >= 15 is 0 Å². The van der Waals surface area contributed by atoms with E-state index in [1.807, 2.05) is 19.1 Å². The van der Waals surface area contributed by atoms with Crippen LogP contribution in [0.2, 0.25) is 0 Å². The van der Waals surface area contributed by atoms with Gasteiger partial charge in [-0.15, -0.1) is 0 Å². The molecule has 1 saturated heterocycles. The van der Waals surface area contributed by atoms with Gasteiger partial charge in [-0.05, 0) is 30.9 Å². The lowest BCUT2D eigenvalue weighted by Crippen LogP contribution is -2.44. The molecule has 1 fully saturated rings. The second-order valence-corrected chi connectivity index (χ2v) is 9.40. The largest absolute Gasteiger partial charge is 0.357 e. The Morgan fingerprint density at radius 2 is 1.68 bits per heavy atom. The van der Waals surface area contributed by atoms with Crippen LogP contribution in [-0.2, 0) is 9.84 Å². The van der Waals surface area contributed by atoms with Gasteiger partial charge in [0.2, 0.25) is 0 Å². The van der Waals surface area contributed by atoms with E-state index in [0.717, 1.165) is 13.0 Å². The van der Waals surface area contributed by atoms with Crippen molar-refractivity contribution in [3.8, 4) is 0 Å². The highest BCUT2D eigenvalue weighted by molar-refractivity contribution is 7.91. The molecular weight excluding hydrogens is 370 g/mol. The zero-order valence-electron chi connectivity index (χ0n) is 16.3. The van der Waals surface area contributed by atoms with Crippen molar-refractivity contribution in [1.29, 1.82) is 0 Å². The zero-order valence-corrected chi connectivity index (χ0v) is 17.2. The fourth-order valence-electron chi connectivity index (χ4n) is 3.62. The summed E-state index contributed by atoms with van der Waals surface area (Å²) in [5.74, 6) is 1.42. The zero-order chi connectivity index (χ0) is 19.8. The van der Waals surface area contributed by atoms with E-state index in [4.69, 9.17) is 4.99 Å². The van der Waals surface area contributed by atoms with Gasteiger partial charge in [0, 0.05) is 25.0 Å². The lowest BCUT2D eigenvalue weighted by Gasteiger charge is -2.19. The standard InChI is InChI=1S/C22H29N3O2S/c1-2-23-22(25-20-14-16-28(26,27)17-20)24-15-13-21(18-9-5-3-6-10-18)19-11-7-4-8-12-19/h3-12,20-21H,2,13-17H2,1H3,(H2,23,24,25). The molecule has 2 aromatic carbocycles. The van der Waals surface area contributed by atoms with Crippen LogP contribution >= 0.6 is 0 Å². The van der Waals surface area contributed by atoms with Gasteiger partial charge in [-0.25, -0.2) is 8.42 Å². The van der Waals surface area contributed by atoms with Crippen LogP contribution in [0, 0.1) is 0 Å². The number of guanidine groups is 1. The molecule has 1 unspecified atom stereocenters. The van der Waals surface area contributed by atoms with E-state index in [2.05, 4.69) is 59.2 Å². The maximum Gasteiger partial charge on any atom is 0.191 e. The highest BCUT2D eigenvalue weighted by atomic mass is 32.2. The van der Waals surface area contributed by atoms with Crippen LogP contribution in [0.15, 0.2) is 65.7 Å². The minimum Gasteiger partial charge on any atom is -0.357 e. The summed E-state index contributed by atoms with van der Waals surface area (Å²) in [6, 6.07) is 20.9. The van der Waals surface area contributed by atoms with Gasteiger partial charge in [0.1, 0.15) is 0 Å². The molecule has 1 aliphatic heterocycles. The third-order valence-electron chi connectivity index (χ3n) is 5.01. The molecule has 150 valence electrons. The first-order valence-electron chi connectivity index (χ1n) is 9.92. The summed E-state index contributed by atoms with van der Waals surface area (Å²) < 4.78 is 23.4. The highest BCUT2D eigenvalue weighted by Crippen LogP contribution is 2.27. The monoisotopic (exact) mass is 399 g/mol. The number of hydrogen-bond acceptors (Lipinski definition) is 3. The molecule has 1 heterocycles. The van der Waals surface area contributed by atoms with Gasteiger partial charge in [-0.2, -0.15) is 0 Å². The minimum atomic E-state index is -2.91. The molecule has 0 amide bonds. The van der Waals surface area contributed by atoms with Crippen LogP contribution in [0.4, 0.5) is 0 Å².